The van der Waals surface area contributed by atoms with Crippen LogP contribution in [-0.2, 0) is 4.74 Å². The molecule has 1 aromatic rings. The van der Waals surface area contributed by atoms with Crippen molar-refractivity contribution in [1.29, 1.82) is 0 Å². The van der Waals surface area contributed by atoms with Crippen LogP contribution in [0.5, 0.6) is 0 Å². The van der Waals surface area contributed by atoms with E-state index in [1.165, 1.54) is 6.07 Å². The average Bonchev–Trinajstić information content (AvgIpc) is 2.39. The average molecular weight is 267 g/mol. The van der Waals surface area contributed by atoms with Gasteiger partial charge in [-0.05, 0) is 12.8 Å². The van der Waals surface area contributed by atoms with Crippen LogP contribution >= 0.6 is 0 Å². The van der Waals surface area contributed by atoms with Crippen LogP contribution < -0.4 is 10.9 Å². The van der Waals surface area contributed by atoms with Crippen LogP contribution in [0.2, 0.25) is 0 Å². The molecule has 1 aliphatic heterocycles. The predicted octanol–water partition coefficient (Wildman–Crippen LogP) is 0.847. The first-order valence-electron chi connectivity index (χ1n) is 6.63. The molecule has 3 N–H and O–H groups in total. The number of aromatic amines is 1. The highest BCUT2D eigenvalue weighted by molar-refractivity contribution is 5.37. The second-order valence-electron chi connectivity index (χ2n) is 5.35. The normalized spacial score (nSPS) is 18.5. The van der Waals surface area contributed by atoms with Crippen LogP contribution in [0.4, 0.5) is 5.82 Å². The summed E-state index contributed by atoms with van der Waals surface area (Å²) in [6.45, 7) is 5.15. The van der Waals surface area contributed by atoms with Crippen molar-refractivity contribution < 1.29 is 9.84 Å². The summed E-state index contributed by atoms with van der Waals surface area (Å²) in [7, 11) is 0. The van der Waals surface area contributed by atoms with E-state index in [2.05, 4.69) is 15.3 Å². The van der Waals surface area contributed by atoms with Crippen molar-refractivity contribution in [2.75, 3.05) is 25.1 Å². The number of hydrogen-bond acceptors (Lipinski definition) is 5. The molecule has 1 fully saturated rings. The third-order valence-corrected chi connectivity index (χ3v) is 3.45. The number of nitrogens with zero attached hydrogens (tertiary/aromatic N) is 1. The van der Waals surface area contributed by atoms with Gasteiger partial charge in [0.1, 0.15) is 11.6 Å². The summed E-state index contributed by atoms with van der Waals surface area (Å²) in [4.78, 5) is 18.7. The highest BCUT2D eigenvalue weighted by Gasteiger charge is 2.32. The molecule has 0 atom stereocenters. The fourth-order valence-electron chi connectivity index (χ4n) is 2.17. The number of anilines is 1. The fourth-order valence-corrected chi connectivity index (χ4v) is 2.17. The highest BCUT2D eigenvalue weighted by Crippen LogP contribution is 2.24. The minimum Gasteiger partial charge on any atom is -0.394 e. The first-order valence-corrected chi connectivity index (χ1v) is 6.63. The van der Waals surface area contributed by atoms with Gasteiger partial charge in [-0.25, -0.2) is 4.98 Å². The van der Waals surface area contributed by atoms with E-state index in [-0.39, 0.29) is 18.1 Å². The van der Waals surface area contributed by atoms with E-state index >= 15 is 0 Å². The summed E-state index contributed by atoms with van der Waals surface area (Å²) in [5, 5.41) is 12.8. The van der Waals surface area contributed by atoms with E-state index in [0.717, 1.165) is 0 Å². The van der Waals surface area contributed by atoms with E-state index in [1.807, 2.05) is 13.8 Å². The molecule has 2 heterocycles. The van der Waals surface area contributed by atoms with E-state index in [1.54, 1.807) is 0 Å². The Morgan fingerprint density at radius 2 is 2.21 bits per heavy atom. The van der Waals surface area contributed by atoms with Crippen LogP contribution in [0.15, 0.2) is 10.9 Å². The number of aliphatic hydroxyl groups excluding tert-OH is 1. The second kappa shape index (κ2) is 5.71. The second-order valence-corrected chi connectivity index (χ2v) is 5.35. The van der Waals surface area contributed by atoms with Crippen molar-refractivity contribution in [3.8, 4) is 0 Å². The van der Waals surface area contributed by atoms with Gasteiger partial charge in [0.2, 0.25) is 0 Å². The first kappa shape index (κ1) is 14.0. The molecule has 0 saturated carbocycles. The lowest BCUT2D eigenvalue weighted by Gasteiger charge is -2.36. The molecule has 1 aromatic heterocycles. The smallest absolute Gasteiger partial charge is 0.252 e. The number of rotatable bonds is 4. The van der Waals surface area contributed by atoms with Gasteiger partial charge in [-0.2, -0.15) is 0 Å². The third-order valence-electron chi connectivity index (χ3n) is 3.45. The van der Waals surface area contributed by atoms with Crippen molar-refractivity contribution in [3.05, 3.63) is 22.2 Å². The molecule has 0 radical (unpaired) electrons. The monoisotopic (exact) mass is 267 g/mol. The molecule has 0 aliphatic carbocycles. The summed E-state index contributed by atoms with van der Waals surface area (Å²) in [5.74, 6) is 1.31. The maximum Gasteiger partial charge on any atom is 0.252 e. The highest BCUT2D eigenvalue weighted by atomic mass is 16.5. The summed E-state index contributed by atoms with van der Waals surface area (Å²) in [5.41, 5.74) is -0.617. The number of hydrogen-bond donors (Lipinski definition) is 3. The summed E-state index contributed by atoms with van der Waals surface area (Å²) < 4.78 is 5.31. The minimum atomic E-state index is -0.437. The van der Waals surface area contributed by atoms with Gasteiger partial charge in [0, 0.05) is 25.2 Å². The van der Waals surface area contributed by atoms with Crippen LogP contribution in [0.1, 0.15) is 38.4 Å². The molecule has 0 bridgehead atoms. The van der Waals surface area contributed by atoms with Crippen molar-refractivity contribution in [1.82, 2.24) is 9.97 Å². The van der Waals surface area contributed by atoms with Crippen molar-refractivity contribution in [2.24, 2.45) is 0 Å². The zero-order chi connectivity index (χ0) is 13.9. The van der Waals surface area contributed by atoms with Crippen molar-refractivity contribution >= 4 is 5.82 Å². The van der Waals surface area contributed by atoms with Crippen LogP contribution in [0.25, 0.3) is 0 Å². The molecule has 19 heavy (non-hydrogen) atoms. The van der Waals surface area contributed by atoms with E-state index < -0.39 is 5.54 Å². The van der Waals surface area contributed by atoms with Gasteiger partial charge in [0.15, 0.2) is 0 Å². The largest absolute Gasteiger partial charge is 0.394 e. The standard InChI is InChI=1S/C13H21N3O3/c1-9(2)12-14-10(7-11(18)15-12)16-13(8-17)3-5-19-6-4-13/h7,9,17H,3-6,8H2,1-2H3,(H2,14,15,16,18). The lowest BCUT2D eigenvalue weighted by molar-refractivity contribution is 0.0378. The van der Waals surface area contributed by atoms with Gasteiger partial charge in [-0.15, -0.1) is 0 Å². The fraction of sp³-hybridized carbons (Fsp3) is 0.692. The molecule has 2 rings (SSSR count). The Balaban J connectivity index is 2.24. The quantitative estimate of drug-likeness (QED) is 0.752. The molecule has 0 amide bonds. The van der Waals surface area contributed by atoms with E-state index in [4.69, 9.17) is 4.74 Å². The molecule has 0 aromatic carbocycles. The zero-order valence-electron chi connectivity index (χ0n) is 11.4. The van der Waals surface area contributed by atoms with Crippen molar-refractivity contribution in [2.45, 2.75) is 38.1 Å². The number of ether oxygens (including phenoxy) is 1. The van der Waals surface area contributed by atoms with E-state index in [9.17, 15) is 9.90 Å². The summed E-state index contributed by atoms with van der Waals surface area (Å²) in [6, 6.07) is 1.43. The maximum atomic E-state index is 11.6. The predicted molar refractivity (Wildman–Crippen MR) is 72.4 cm³/mol. The number of H-pyrrole nitrogens is 1. The topological polar surface area (TPSA) is 87.2 Å². The number of aromatic nitrogens is 2. The van der Waals surface area contributed by atoms with Gasteiger partial charge in [0.05, 0.1) is 12.1 Å². The molecule has 6 heteroatoms. The van der Waals surface area contributed by atoms with E-state index in [0.29, 0.717) is 37.7 Å². The molecular weight excluding hydrogens is 246 g/mol. The summed E-state index contributed by atoms with van der Waals surface area (Å²) >= 11 is 0. The molecule has 106 valence electrons. The Hall–Kier alpha value is -1.40. The van der Waals surface area contributed by atoms with Gasteiger partial charge in [-0.1, -0.05) is 13.8 Å². The van der Waals surface area contributed by atoms with Crippen LogP contribution in [-0.4, -0.2) is 40.4 Å². The lowest BCUT2D eigenvalue weighted by Crippen LogP contribution is -2.47. The van der Waals surface area contributed by atoms with Crippen LogP contribution in [0, 0.1) is 0 Å². The molecule has 0 spiro atoms. The minimum absolute atomic E-state index is 0.00184. The lowest BCUT2D eigenvalue weighted by atomic mass is 9.91. The van der Waals surface area contributed by atoms with Gasteiger partial charge in [-0.3, -0.25) is 4.79 Å². The van der Waals surface area contributed by atoms with Gasteiger partial charge in [0.25, 0.3) is 5.56 Å². The molecule has 0 unspecified atom stereocenters. The Morgan fingerprint density at radius 1 is 1.53 bits per heavy atom. The zero-order valence-corrected chi connectivity index (χ0v) is 11.4. The molecule has 1 aliphatic rings. The Kier molecular flexibility index (Phi) is 4.21. The van der Waals surface area contributed by atoms with Crippen LogP contribution in [0.3, 0.4) is 0 Å². The molecule has 1 saturated heterocycles. The summed E-state index contributed by atoms with van der Waals surface area (Å²) in [6.07, 6.45) is 1.41. The Morgan fingerprint density at radius 3 is 2.79 bits per heavy atom. The van der Waals surface area contributed by atoms with Gasteiger partial charge >= 0.3 is 0 Å². The van der Waals surface area contributed by atoms with Crippen molar-refractivity contribution in [3.63, 3.8) is 0 Å². The number of aliphatic hydroxyl groups is 1. The SMILES string of the molecule is CC(C)c1nc(NC2(CO)CCOCC2)cc(=O)[nH]1. The Labute approximate surface area is 112 Å². The molecule has 6 nitrogen and oxygen atoms in total. The molecular formula is C13H21N3O3. The Bertz CT molecular complexity index is 478. The third kappa shape index (κ3) is 3.33. The first-order chi connectivity index (χ1) is 9.04. The number of nitrogens with one attached hydrogen (secondary N) is 2. The maximum absolute atomic E-state index is 11.6. The van der Waals surface area contributed by atoms with Gasteiger partial charge < -0.3 is 20.1 Å².